The average molecular weight is 398 g/mol. The molecule has 0 radical (unpaired) electrons. The van der Waals surface area contributed by atoms with Gasteiger partial charge in [0.2, 0.25) is 11.8 Å². The zero-order valence-electron chi connectivity index (χ0n) is 16.2. The lowest BCUT2D eigenvalue weighted by Crippen LogP contribution is -2.10. The third-order valence-electron chi connectivity index (χ3n) is 5.45. The van der Waals surface area contributed by atoms with E-state index in [2.05, 4.69) is 21.4 Å². The highest BCUT2D eigenvalue weighted by Gasteiger charge is 2.44. The second kappa shape index (κ2) is 7.23. The van der Waals surface area contributed by atoms with Gasteiger partial charge in [0.1, 0.15) is 11.5 Å². The molecular formula is C23H18N4O3. The first-order valence-electron chi connectivity index (χ1n) is 9.82. The van der Waals surface area contributed by atoms with Gasteiger partial charge in [0.05, 0.1) is 24.3 Å². The van der Waals surface area contributed by atoms with Crippen molar-refractivity contribution in [1.29, 1.82) is 5.26 Å². The van der Waals surface area contributed by atoms with Crippen molar-refractivity contribution in [3.63, 3.8) is 0 Å². The van der Waals surface area contributed by atoms with Crippen molar-refractivity contribution in [1.82, 2.24) is 15.4 Å². The Kier molecular flexibility index (Phi) is 4.40. The predicted molar refractivity (Wildman–Crippen MR) is 107 cm³/mol. The minimum atomic E-state index is -0.462. The molecular weight excluding hydrogens is 380 g/mol. The Morgan fingerprint density at radius 1 is 1.07 bits per heavy atom. The molecule has 0 amide bonds. The second-order valence-electron chi connectivity index (χ2n) is 7.76. The van der Waals surface area contributed by atoms with E-state index in [4.69, 9.17) is 14.2 Å². The lowest BCUT2D eigenvalue weighted by Gasteiger charge is -2.02. The number of nitrogens with zero attached hydrogens (tertiary/aromatic N) is 4. The van der Waals surface area contributed by atoms with Crippen molar-refractivity contribution in [3.05, 3.63) is 66.0 Å². The van der Waals surface area contributed by atoms with Gasteiger partial charge in [-0.2, -0.15) is 5.26 Å². The number of rotatable bonds is 7. The first-order chi connectivity index (χ1) is 14.6. The molecule has 2 aromatic heterocycles. The van der Waals surface area contributed by atoms with Crippen molar-refractivity contribution in [2.24, 2.45) is 5.41 Å². The number of hydrogen-bond donors (Lipinski definition) is 0. The largest absolute Gasteiger partial charge is 0.424 e. The number of carbonyl (C=O) groups is 1. The van der Waals surface area contributed by atoms with Gasteiger partial charge in [-0.15, -0.1) is 10.2 Å². The number of aromatic nitrogens is 3. The molecule has 0 atom stereocenters. The van der Waals surface area contributed by atoms with Gasteiger partial charge >= 0.3 is 0 Å². The van der Waals surface area contributed by atoms with Gasteiger partial charge in [0.15, 0.2) is 5.58 Å². The van der Waals surface area contributed by atoms with E-state index in [0.717, 1.165) is 29.4 Å². The number of benzene rings is 2. The molecule has 0 bridgehead atoms. The lowest BCUT2D eigenvalue weighted by molar-refractivity contribution is -0.119. The summed E-state index contributed by atoms with van der Waals surface area (Å²) >= 11 is 0. The maximum absolute atomic E-state index is 12.2. The minimum absolute atomic E-state index is 0.0498. The second-order valence-corrected chi connectivity index (χ2v) is 7.76. The maximum Gasteiger partial charge on any atom is 0.223 e. The van der Waals surface area contributed by atoms with Crippen LogP contribution in [0.2, 0.25) is 0 Å². The minimum Gasteiger partial charge on any atom is -0.424 e. The van der Waals surface area contributed by atoms with Gasteiger partial charge in [-0.1, -0.05) is 41.6 Å². The van der Waals surface area contributed by atoms with Gasteiger partial charge in [-0.25, -0.2) is 0 Å². The smallest absolute Gasteiger partial charge is 0.223 e. The summed E-state index contributed by atoms with van der Waals surface area (Å²) in [7, 11) is 0. The topological polar surface area (TPSA) is 106 Å². The van der Waals surface area contributed by atoms with Crippen molar-refractivity contribution in [3.8, 4) is 17.2 Å². The summed E-state index contributed by atoms with van der Waals surface area (Å²) in [4.78, 5) is 12.2. The fraction of sp³-hybridized carbons (Fsp3) is 0.261. The molecule has 1 fully saturated rings. The molecule has 0 unspecified atom stereocenters. The molecule has 30 heavy (non-hydrogen) atoms. The first-order valence-corrected chi connectivity index (χ1v) is 9.82. The molecule has 7 heteroatoms. The Morgan fingerprint density at radius 3 is 2.63 bits per heavy atom. The zero-order valence-corrected chi connectivity index (χ0v) is 16.2. The Balaban J connectivity index is 1.32. The third kappa shape index (κ3) is 3.60. The van der Waals surface area contributed by atoms with Gasteiger partial charge in [0, 0.05) is 11.8 Å². The summed E-state index contributed by atoms with van der Waals surface area (Å²) in [6.07, 6.45) is 2.18. The summed E-state index contributed by atoms with van der Waals surface area (Å²) in [6, 6.07) is 18.2. The van der Waals surface area contributed by atoms with Crippen LogP contribution in [0, 0.1) is 16.7 Å². The van der Waals surface area contributed by atoms with E-state index in [9.17, 15) is 4.79 Å². The SMILES string of the molecule is N#CC1(CC(=O)Cc2nnc(Cc3noc4ccc(-c5ccccc5)cc34)o2)CC1. The molecule has 148 valence electrons. The Labute approximate surface area is 172 Å². The van der Waals surface area contributed by atoms with Gasteiger partial charge in [0.25, 0.3) is 0 Å². The molecule has 4 aromatic rings. The normalized spacial score (nSPS) is 14.5. The summed E-state index contributed by atoms with van der Waals surface area (Å²) in [5, 5.41) is 22.2. The van der Waals surface area contributed by atoms with Crippen molar-refractivity contribution in [2.45, 2.75) is 32.1 Å². The molecule has 0 N–H and O–H groups in total. The van der Waals surface area contributed by atoms with Crippen LogP contribution in [0.25, 0.3) is 22.1 Å². The van der Waals surface area contributed by atoms with E-state index in [1.165, 1.54) is 0 Å². The molecule has 0 saturated heterocycles. The Bertz CT molecular complexity index is 1260. The van der Waals surface area contributed by atoms with E-state index in [-0.39, 0.29) is 24.5 Å². The first kappa shape index (κ1) is 18.3. The monoisotopic (exact) mass is 398 g/mol. The number of ketones is 1. The van der Waals surface area contributed by atoms with Crippen LogP contribution in [-0.2, 0) is 17.6 Å². The maximum atomic E-state index is 12.2. The van der Waals surface area contributed by atoms with Crippen LogP contribution in [-0.4, -0.2) is 21.1 Å². The van der Waals surface area contributed by atoms with Gasteiger partial charge in [-0.3, -0.25) is 4.79 Å². The quantitative estimate of drug-likeness (QED) is 0.457. The fourth-order valence-corrected chi connectivity index (χ4v) is 3.59. The van der Waals surface area contributed by atoms with E-state index in [1.54, 1.807) is 0 Å². The molecule has 0 aliphatic heterocycles. The molecule has 1 saturated carbocycles. The number of carbonyl (C=O) groups excluding carboxylic acids is 1. The summed E-state index contributed by atoms with van der Waals surface area (Å²) in [5.74, 6) is 0.588. The Morgan fingerprint density at radius 2 is 1.87 bits per heavy atom. The molecule has 2 heterocycles. The van der Waals surface area contributed by atoms with Crippen molar-refractivity contribution >= 4 is 16.8 Å². The highest BCUT2D eigenvalue weighted by Crippen LogP contribution is 2.48. The molecule has 1 aliphatic carbocycles. The average Bonchev–Trinajstić information content (AvgIpc) is 3.22. The third-order valence-corrected chi connectivity index (χ3v) is 5.45. The standard InChI is InChI=1S/C23H18N4O3/c24-14-23(8-9-23)13-17(28)11-21-25-26-22(29-21)12-19-18-10-16(6-7-20(18)30-27-19)15-4-2-1-3-5-15/h1-7,10H,8-9,11-13H2. The van der Waals surface area contributed by atoms with Crippen molar-refractivity contribution in [2.75, 3.05) is 0 Å². The van der Waals surface area contributed by atoms with E-state index in [0.29, 0.717) is 23.6 Å². The zero-order chi connectivity index (χ0) is 20.6. The van der Waals surface area contributed by atoms with Crippen molar-refractivity contribution < 1.29 is 13.7 Å². The van der Waals surface area contributed by atoms with Crippen LogP contribution in [0.5, 0.6) is 0 Å². The van der Waals surface area contributed by atoms with E-state index < -0.39 is 5.41 Å². The Hall–Kier alpha value is -3.79. The van der Waals surface area contributed by atoms with Crippen LogP contribution >= 0.6 is 0 Å². The fourth-order valence-electron chi connectivity index (χ4n) is 3.59. The highest BCUT2D eigenvalue weighted by molar-refractivity contribution is 5.85. The molecule has 1 aliphatic rings. The summed E-state index contributed by atoms with van der Waals surface area (Å²) < 4.78 is 11.1. The van der Waals surface area contributed by atoms with Crippen LogP contribution < -0.4 is 0 Å². The summed E-state index contributed by atoms with van der Waals surface area (Å²) in [5.41, 5.74) is 3.10. The van der Waals surface area contributed by atoms with Crippen LogP contribution in [0.3, 0.4) is 0 Å². The molecule has 7 nitrogen and oxygen atoms in total. The number of hydrogen-bond acceptors (Lipinski definition) is 7. The van der Waals surface area contributed by atoms with E-state index in [1.807, 2.05) is 48.5 Å². The number of Topliss-reactive ketones (excluding diaryl/α,β-unsaturated/α-hetero) is 1. The van der Waals surface area contributed by atoms with Gasteiger partial charge < -0.3 is 8.94 Å². The number of nitriles is 1. The predicted octanol–water partition coefficient (Wildman–Crippen LogP) is 4.27. The van der Waals surface area contributed by atoms with Gasteiger partial charge in [-0.05, 0) is 36.1 Å². The molecule has 2 aromatic carbocycles. The number of fused-ring (bicyclic) bond motifs is 1. The molecule has 0 spiro atoms. The van der Waals surface area contributed by atoms with Crippen LogP contribution in [0.15, 0.2) is 57.5 Å². The highest BCUT2D eigenvalue weighted by atomic mass is 16.5. The lowest BCUT2D eigenvalue weighted by atomic mass is 10.00. The van der Waals surface area contributed by atoms with Crippen LogP contribution in [0.1, 0.15) is 36.7 Å². The summed E-state index contributed by atoms with van der Waals surface area (Å²) in [6.45, 7) is 0. The van der Waals surface area contributed by atoms with E-state index >= 15 is 0 Å². The van der Waals surface area contributed by atoms with Crippen LogP contribution in [0.4, 0.5) is 0 Å². The molecule has 5 rings (SSSR count).